The Labute approximate surface area is 248 Å². The van der Waals surface area contributed by atoms with Gasteiger partial charge in [0, 0.05) is 45.1 Å². The molecule has 0 bridgehead atoms. The molecule has 9 heteroatoms. The Morgan fingerprint density at radius 3 is 2.52 bits per heavy atom. The van der Waals surface area contributed by atoms with Gasteiger partial charge in [0.2, 0.25) is 11.8 Å². The lowest BCUT2D eigenvalue weighted by molar-refractivity contribution is -0.132. The van der Waals surface area contributed by atoms with Gasteiger partial charge in [0.05, 0.1) is 23.1 Å². The maximum atomic E-state index is 14.1. The Kier molecular flexibility index (Phi) is 8.62. The number of hydrogen-bond donors (Lipinski definition) is 2. The summed E-state index contributed by atoms with van der Waals surface area (Å²) >= 11 is 0. The molecule has 42 heavy (non-hydrogen) atoms. The average molecular weight is 577 g/mol. The zero-order valence-electron chi connectivity index (χ0n) is 25.4. The number of nitrogens with zero attached hydrogens (tertiary/aromatic N) is 2. The normalized spacial score (nSPS) is 21.7. The number of amides is 3. The molecule has 5 rings (SSSR count). The van der Waals surface area contributed by atoms with E-state index in [-0.39, 0.29) is 35.6 Å². The van der Waals surface area contributed by atoms with E-state index in [2.05, 4.69) is 10.6 Å². The summed E-state index contributed by atoms with van der Waals surface area (Å²) in [4.78, 5) is 44.5. The average Bonchev–Trinajstić information content (AvgIpc) is 3.81. The molecule has 2 aromatic carbocycles. The number of anilines is 2. The van der Waals surface area contributed by atoms with Crippen molar-refractivity contribution in [3.05, 3.63) is 54.1 Å². The van der Waals surface area contributed by atoms with E-state index in [1.54, 1.807) is 25.9 Å². The van der Waals surface area contributed by atoms with E-state index in [1.807, 2.05) is 67.3 Å². The molecule has 3 aliphatic rings. The van der Waals surface area contributed by atoms with Crippen molar-refractivity contribution in [1.29, 1.82) is 0 Å². The number of carbonyl (C=O) groups is 3. The van der Waals surface area contributed by atoms with Gasteiger partial charge in [-0.05, 0) is 77.1 Å². The van der Waals surface area contributed by atoms with Crippen molar-refractivity contribution < 1.29 is 23.9 Å². The van der Waals surface area contributed by atoms with Crippen LogP contribution in [0.5, 0.6) is 5.75 Å². The minimum atomic E-state index is -0.980. The highest BCUT2D eigenvalue weighted by Gasteiger charge is 2.43. The Morgan fingerprint density at radius 2 is 1.83 bits per heavy atom. The van der Waals surface area contributed by atoms with Crippen LogP contribution in [0, 0.1) is 11.8 Å². The number of fused-ring (bicyclic) bond motifs is 1. The third-order valence-corrected chi connectivity index (χ3v) is 8.52. The molecular weight excluding hydrogens is 532 g/mol. The lowest BCUT2D eigenvalue weighted by Gasteiger charge is -2.40. The molecule has 0 radical (unpaired) electrons. The van der Waals surface area contributed by atoms with E-state index in [9.17, 15) is 14.4 Å². The monoisotopic (exact) mass is 576 g/mol. The van der Waals surface area contributed by atoms with Gasteiger partial charge in [0.1, 0.15) is 5.75 Å². The molecule has 2 aliphatic heterocycles. The third-order valence-electron chi connectivity index (χ3n) is 8.52. The van der Waals surface area contributed by atoms with Crippen LogP contribution in [-0.2, 0) is 24.7 Å². The predicted octanol–water partition coefficient (Wildman–Crippen LogP) is 4.00. The second-order valence-corrected chi connectivity index (χ2v) is 12.8. The summed E-state index contributed by atoms with van der Waals surface area (Å²) in [5.74, 6) is -0.174. The number of carbonyl (C=O) groups excluding carboxylic acids is 3. The molecule has 2 atom stereocenters. The molecular formula is C33H44N4O5. The van der Waals surface area contributed by atoms with E-state index >= 15 is 0 Å². The summed E-state index contributed by atoms with van der Waals surface area (Å²) in [6, 6.07) is 15.7. The molecule has 1 aliphatic carbocycles. The number of hydrogen-bond acceptors (Lipinski definition) is 6. The highest BCUT2D eigenvalue weighted by atomic mass is 16.5. The fourth-order valence-electron chi connectivity index (χ4n) is 6.01. The van der Waals surface area contributed by atoms with Crippen LogP contribution < -0.4 is 25.2 Å². The Balaban J connectivity index is 1.34. The fraction of sp³-hybridized carbons (Fsp3) is 0.545. The quantitative estimate of drug-likeness (QED) is 0.415. The molecule has 3 amide bonds. The lowest BCUT2D eigenvalue weighted by Crippen LogP contribution is -2.53. The standard InChI is InChI=1S/C33H44N4O5/c1-32(2,24-10-7-6-8-11-24)35-29(38)22-18-23(21-34-20-22)30(39)37(25-12-13-25)26-14-15-28-27(19-26)36(16-9-17-41-5)31(40)33(3,4)42-28/h6-8,10-11,14-15,19,22-23,25,34H,9,12-13,16-18,20-21H2,1-5H3,(H,35,38)/t22-,23+/m0/s1. The van der Waals surface area contributed by atoms with Gasteiger partial charge in [-0.25, -0.2) is 0 Å². The van der Waals surface area contributed by atoms with Crippen molar-refractivity contribution >= 4 is 29.1 Å². The molecule has 226 valence electrons. The molecule has 2 N–H and O–H groups in total. The summed E-state index contributed by atoms with van der Waals surface area (Å²) in [7, 11) is 1.65. The van der Waals surface area contributed by atoms with Gasteiger partial charge in [-0.15, -0.1) is 0 Å². The smallest absolute Gasteiger partial charge is 0.270 e. The Bertz CT molecular complexity index is 1310. The van der Waals surface area contributed by atoms with Crippen LogP contribution in [0.25, 0.3) is 0 Å². The van der Waals surface area contributed by atoms with Crippen LogP contribution in [0.3, 0.4) is 0 Å². The van der Waals surface area contributed by atoms with E-state index in [4.69, 9.17) is 9.47 Å². The first-order chi connectivity index (χ1) is 20.0. The molecule has 2 aromatic rings. The molecule has 0 unspecified atom stereocenters. The first-order valence-corrected chi connectivity index (χ1v) is 15.1. The number of nitrogens with one attached hydrogen (secondary N) is 2. The van der Waals surface area contributed by atoms with E-state index in [1.165, 1.54) is 0 Å². The fourth-order valence-corrected chi connectivity index (χ4v) is 6.01. The zero-order chi connectivity index (χ0) is 30.1. The molecule has 9 nitrogen and oxygen atoms in total. The maximum absolute atomic E-state index is 14.1. The molecule has 2 heterocycles. The van der Waals surface area contributed by atoms with Gasteiger partial charge in [-0.2, -0.15) is 0 Å². The molecule has 1 saturated heterocycles. The number of methoxy groups -OCH3 is 1. The summed E-state index contributed by atoms with van der Waals surface area (Å²) in [5.41, 5.74) is 0.955. The molecule has 0 aromatic heterocycles. The SMILES string of the molecule is COCCCN1C(=O)C(C)(C)Oc2ccc(N(C(=O)[C@H]3CNC[C@@H](C(=O)NC(C)(C)c4ccccc4)C3)C3CC3)cc21. The van der Waals surface area contributed by atoms with Crippen LogP contribution in [0.4, 0.5) is 11.4 Å². The topological polar surface area (TPSA) is 100 Å². The lowest BCUT2D eigenvalue weighted by atomic mass is 9.87. The first kappa shape index (κ1) is 30.0. The van der Waals surface area contributed by atoms with Crippen LogP contribution in [0.1, 0.15) is 58.9 Å². The van der Waals surface area contributed by atoms with Crippen molar-refractivity contribution in [3.8, 4) is 5.75 Å². The van der Waals surface area contributed by atoms with Crippen LogP contribution in [0.2, 0.25) is 0 Å². The molecule has 1 saturated carbocycles. The summed E-state index contributed by atoms with van der Waals surface area (Å²) in [6.07, 6.45) is 3.03. The highest BCUT2D eigenvalue weighted by molar-refractivity contribution is 6.04. The van der Waals surface area contributed by atoms with Crippen LogP contribution in [0.15, 0.2) is 48.5 Å². The van der Waals surface area contributed by atoms with Gasteiger partial charge in [-0.1, -0.05) is 30.3 Å². The summed E-state index contributed by atoms with van der Waals surface area (Å²) in [6.45, 7) is 9.65. The molecule has 2 fully saturated rings. The molecule has 0 spiro atoms. The maximum Gasteiger partial charge on any atom is 0.270 e. The van der Waals surface area contributed by atoms with E-state index < -0.39 is 11.1 Å². The summed E-state index contributed by atoms with van der Waals surface area (Å²) < 4.78 is 11.3. The number of rotatable bonds is 10. The second kappa shape index (κ2) is 12.1. The second-order valence-electron chi connectivity index (χ2n) is 12.8. The minimum Gasteiger partial charge on any atom is -0.476 e. The third kappa shape index (κ3) is 6.32. The first-order valence-electron chi connectivity index (χ1n) is 15.1. The van der Waals surface area contributed by atoms with Crippen molar-refractivity contribution in [2.75, 3.05) is 43.2 Å². The summed E-state index contributed by atoms with van der Waals surface area (Å²) in [5, 5.41) is 6.55. The van der Waals surface area contributed by atoms with E-state index in [0.29, 0.717) is 50.5 Å². The van der Waals surface area contributed by atoms with E-state index in [0.717, 1.165) is 24.1 Å². The largest absolute Gasteiger partial charge is 0.476 e. The van der Waals surface area contributed by atoms with Gasteiger partial charge >= 0.3 is 0 Å². The van der Waals surface area contributed by atoms with Crippen LogP contribution in [-0.4, -0.2) is 62.7 Å². The van der Waals surface area contributed by atoms with Crippen LogP contribution >= 0.6 is 0 Å². The van der Waals surface area contributed by atoms with Crippen molar-refractivity contribution in [3.63, 3.8) is 0 Å². The number of piperidine rings is 1. The van der Waals surface area contributed by atoms with Crippen molar-refractivity contribution in [1.82, 2.24) is 10.6 Å². The zero-order valence-corrected chi connectivity index (χ0v) is 25.4. The Morgan fingerprint density at radius 1 is 1.12 bits per heavy atom. The van der Waals surface area contributed by atoms with Crippen molar-refractivity contribution in [2.45, 2.75) is 70.6 Å². The Hall–Kier alpha value is -3.43. The highest BCUT2D eigenvalue weighted by Crippen LogP contribution is 2.43. The predicted molar refractivity (Wildman–Crippen MR) is 163 cm³/mol. The number of benzene rings is 2. The van der Waals surface area contributed by atoms with Gasteiger partial charge in [-0.3, -0.25) is 14.4 Å². The minimum absolute atomic E-state index is 0.0130. The van der Waals surface area contributed by atoms with Crippen molar-refractivity contribution in [2.24, 2.45) is 11.8 Å². The number of ether oxygens (including phenoxy) is 2. The van der Waals surface area contributed by atoms with Gasteiger partial charge in [0.15, 0.2) is 5.60 Å². The van der Waals surface area contributed by atoms with Gasteiger partial charge in [0.25, 0.3) is 5.91 Å². The van der Waals surface area contributed by atoms with Gasteiger partial charge < -0.3 is 29.9 Å².